The highest BCUT2D eigenvalue weighted by molar-refractivity contribution is 7.80. The van der Waals surface area contributed by atoms with E-state index in [4.69, 9.17) is 0 Å². The van der Waals surface area contributed by atoms with E-state index in [0.717, 1.165) is 31.4 Å². The molecule has 1 aliphatic rings. The van der Waals surface area contributed by atoms with E-state index in [0.29, 0.717) is 0 Å². The lowest BCUT2D eigenvalue weighted by molar-refractivity contribution is 0.409. The van der Waals surface area contributed by atoms with Crippen LogP contribution in [0.5, 0.6) is 0 Å². The molecule has 0 amide bonds. The maximum absolute atomic E-state index is 4.63. The van der Waals surface area contributed by atoms with Gasteiger partial charge >= 0.3 is 0 Å². The highest BCUT2D eigenvalue weighted by Gasteiger charge is 2.37. The molecule has 1 rings (SSSR count). The van der Waals surface area contributed by atoms with Crippen LogP contribution in [0.25, 0.3) is 0 Å². The first-order valence-electron chi connectivity index (χ1n) is 7.59. The molecule has 1 heteroatoms. The number of thiol groups is 1. The van der Waals surface area contributed by atoms with Gasteiger partial charge in [0.2, 0.25) is 0 Å². The standard InChI is InChI=1S/C19H28S/c1-5-8-10-12-17-14-19(7-3,15-20)16(4)18(17)13-11-9-6-2/h5,8-12,20H,1,6-7,13-15H2,2-4H3/b10-8-,11-9-,17-12+. The molecule has 1 aliphatic carbocycles. The average Bonchev–Trinajstić information content (AvgIpc) is 2.73. The molecule has 0 radical (unpaired) electrons. The first kappa shape index (κ1) is 17.1. The SMILES string of the molecule is C=C/C=C\C=C1/CC(CC)(CS)C(C)=C1C/C=C\CC. The first-order chi connectivity index (χ1) is 9.65. The molecular formula is C19H28S. The minimum absolute atomic E-state index is 0.256. The minimum Gasteiger partial charge on any atom is -0.178 e. The molecule has 0 aromatic rings. The zero-order valence-electron chi connectivity index (χ0n) is 13.2. The lowest BCUT2D eigenvalue weighted by atomic mass is 9.80. The molecule has 1 atom stereocenters. The van der Waals surface area contributed by atoms with Crippen LogP contribution in [0, 0.1) is 5.41 Å². The lowest BCUT2D eigenvalue weighted by Gasteiger charge is -2.27. The normalized spacial score (nSPS) is 25.5. The van der Waals surface area contributed by atoms with E-state index in [9.17, 15) is 0 Å². The first-order valence-corrected chi connectivity index (χ1v) is 8.23. The Morgan fingerprint density at radius 3 is 2.55 bits per heavy atom. The van der Waals surface area contributed by atoms with Crippen LogP contribution in [0.3, 0.4) is 0 Å². The van der Waals surface area contributed by atoms with Gasteiger partial charge in [-0.3, -0.25) is 0 Å². The molecule has 0 aliphatic heterocycles. The van der Waals surface area contributed by atoms with Crippen molar-refractivity contribution in [2.45, 2.75) is 46.5 Å². The van der Waals surface area contributed by atoms with E-state index in [-0.39, 0.29) is 5.41 Å². The average molecular weight is 289 g/mol. The van der Waals surface area contributed by atoms with Gasteiger partial charge in [0.05, 0.1) is 0 Å². The maximum Gasteiger partial charge on any atom is 0.00410 e. The van der Waals surface area contributed by atoms with Crippen LogP contribution >= 0.6 is 12.6 Å². The monoisotopic (exact) mass is 288 g/mol. The van der Waals surface area contributed by atoms with Crippen molar-refractivity contribution in [2.24, 2.45) is 5.41 Å². The predicted octanol–water partition coefficient (Wildman–Crippen LogP) is 6.06. The summed E-state index contributed by atoms with van der Waals surface area (Å²) < 4.78 is 0. The Bertz CT molecular complexity index is 442. The van der Waals surface area contributed by atoms with Crippen molar-refractivity contribution in [1.29, 1.82) is 0 Å². The topological polar surface area (TPSA) is 0 Å². The molecule has 0 aromatic carbocycles. The van der Waals surface area contributed by atoms with E-state index in [2.05, 4.69) is 64.3 Å². The highest BCUT2D eigenvalue weighted by atomic mass is 32.1. The van der Waals surface area contributed by atoms with E-state index < -0.39 is 0 Å². The summed E-state index contributed by atoms with van der Waals surface area (Å²) in [6.07, 6.45) is 17.2. The lowest BCUT2D eigenvalue weighted by Crippen LogP contribution is -2.20. The summed E-state index contributed by atoms with van der Waals surface area (Å²) in [5, 5.41) is 0. The van der Waals surface area contributed by atoms with Crippen molar-refractivity contribution in [3.8, 4) is 0 Å². The van der Waals surface area contributed by atoms with Crippen molar-refractivity contribution in [3.05, 3.63) is 59.8 Å². The van der Waals surface area contributed by atoms with Gasteiger partial charge in [0, 0.05) is 5.41 Å². The van der Waals surface area contributed by atoms with Gasteiger partial charge in [-0.15, -0.1) is 0 Å². The summed E-state index contributed by atoms with van der Waals surface area (Å²) in [6, 6.07) is 0. The highest BCUT2D eigenvalue weighted by Crippen LogP contribution is 2.49. The van der Waals surface area contributed by atoms with Crippen LogP contribution in [-0.2, 0) is 0 Å². The Kier molecular flexibility index (Phi) is 7.15. The van der Waals surface area contributed by atoms with Crippen LogP contribution in [0.1, 0.15) is 46.5 Å². The molecule has 0 bridgehead atoms. The van der Waals surface area contributed by atoms with Crippen molar-refractivity contribution < 1.29 is 0 Å². The molecule has 0 fully saturated rings. The number of rotatable bonds is 7. The van der Waals surface area contributed by atoms with Crippen LogP contribution in [0.2, 0.25) is 0 Å². The largest absolute Gasteiger partial charge is 0.178 e. The van der Waals surface area contributed by atoms with E-state index >= 15 is 0 Å². The van der Waals surface area contributed by atoms with Crippen LogP contribution in [-0.4, -0.2) is 5.75 Å². The molecular weight excluding hydrogens is 260 g/mol. The van der Waals surface area contributed by atoms with Crippen molar-refractivity contribution in [3.63, 3.8) is 0 Å². The fourth-order valence-electron chi connectivity index (χ4n) is 2.90. The maximum atomic E-state index is 4.63. The van der Waals surface area contributed by atoms with E-state index in [1.165, 1.54) is 16.7 Å². The molecule has 0 saturated heterocycles. The third-order valence-electron chi connectivity index (χ3n) is 4.41. The number of hydrogen-bond acceptors (Lipinski definition) is 1. The fourth-order valence-corrected chi connectivity index (χ4v) is 3.48. The summed E-state index contributed by atoms with van der Waals surface area (Å²) in [5.41, 5.74) is 4.78. The van der Waals surface area contributed by atoms with Gasteiger partial charge in [-0.05, 0) is 49.5 Å². The minimum atomic E-state index is 0.256. The molecule has 20 heavy (non-hydrogen) atoms. The summed E-state index contributed by atoms with van der Waals surface area (Å²) in [4.78, 5) is 0. The third kappa shape index (κ3) is 3.79. The third-order valence-corrected chi connectivity index (χ3v) is 5.02. The zero-order valence-corrected chi connectivity index (χ0v) is 14.0. The quantitative estimate of drug-likeness (QED) is 0.329. The number of allylic oxidation sites excluding steroid dienone is 9. The van der Waals surface area contributed by atoms with Gasteiger partial charge in [-0.1, -0.05) is 62.5 Å². The van der Waals surface area contributed by atoms with E-state index in [1.807, 2.05) is 12.2 Å². The Morgan fingerprint density at radius 2 is 2.00 bits per heavy atom. The summed E-state index contributed by atoms with van der Waals surface area (Å²) >= 11 is 4.63. The second-order valence-electron chi connectivity index (χ2n) is 5.47. The van der Waals surface area contributed by atoms with Crippen molar-refractivity contribution in [2.75, 3.05) is 5.75 Å². The Morgan fingerprint density at radius 1 is 1.25 bits per heavy atom. The zero-order chi connectivity index (χ0) is 15.0. The molecule has 1 unspecified atom stereocenters. The smallest absolute Gasteiger partial charge is 0.00410 e. The van der Waals surface area contributed by atoms with Gasteiger partial charge in [0.25, 0.3) is 0 Å². The van der Waals surface area contributed by atoms with Gasteiger partial charge < -0.3 is 0 Å². The van der Waals surface area contributed by atoms with E-state index in [1.54, 1.807) is 0 Å². The van der Waals surface area contributed by atoms with Crippen molar-refractivity contribution >= 4 is 12.6 Å². The fraction of sp³-hybridized carbons (Fsp3) is 0.474. The Balaban J connectivity index is 3.12. The van der Waals surface area contributed by atoms with Gasteiger partial charge in [0.1, 0.15) is 0 Å². The van der Waals surface area contributed by atoms with Crippen LogP contribution in [0.15, 0.2) is 59.8 Å². The van der Waals surface area contributed by atoms with Crippen LogP contribution in [0.4, 0.5) is 0 Å². The Hall–Kier alpha value is -0.950. The summed E-state index contributed by atoms with van der Waals surface area (Å²) in [6.45, 7) is 10.5. The molecule has 0 spiro atoms. The number of hydrogen-bond donors (Lipinski definition) is 1. The Labute approximate surface area is 130 Å². The molecule has 0 N–H and O–H groups in total. The summed E-state index contributed by atoms with van der Waals surface area (Å²) in [5.74, 6) is 0.929. The van der Waals surface area contributed by atoms with Crippen LogP contribution < -0.4 is 0 Å². The molecule has 0 heterocycles. The van der Waals surface area contributed by atoms with Gasteiger partial charge in [-0.25, -0.2) is 0 Å². The van der Waals surface area contributed by atoms with Crippen molar-refractivity contribution in [1.82, 2.24) is 0 Å². The van der Waals surface area contributed by atoms with Gasteiger partial charge in [0.15, 0.2) is 0 Å². The second-order valence-corrected chi connectivity index (χ2v) is 5.78. The molecule has 110 valence electrons. The molecule has 0 aromatic heterocycles. The molecule has 0 nitrogen and oxygen atoms in total. The predicted molar refractivity (Wildman–Crippen MR) is 95.4 cm³/mol. The molecule has 0 saturated carbocycles. The second kappa shape index (κ2) is 8.36. The van der Waals surface area contributed by atoms with Gasteiger partial charge in [-0.2, -0.15) is 12.6 Å². The summed E-state index contributed by atoms with van der Waals surface area (Å²) in [7, 11) is 0.